The summed E-state index contributed by atoms with van der Waals surface area (Å²) in [6, 6.07) is 25.2. The van der Waals surface area contributed by atoms with Crippen LogP contribution in [0, 0.1) is 29.7 Å². The van der Waals surface area contributed by atoms with E-state index >= 15 is 0 Å². The van der Waals surface area contributed by atoms with Crippen molar-refractivity contribution in [1.29, 1.82) is 0 Å². The Morgan fingerprint density at radius 2 is 1.55 bits per heavy atom. The Hall–Kier alpha value is -3.57. The van der Waals surface area contributed by atoms with Gasteiger partial charge in [-0.2, -0.15) is 0 Å². The number of aryl methyl sites for hydroxylation is 1. The van der Waals surface area contributed by atoms with E-state index in [1.54, 1.807) is 0 Å². The fraction of sp³-hybridized carbons (Fsp3) is 0.429. The van der Waals surface area contributed by atoms with Crippen molar-refractivity contribution >= 4 is 48.9 Å². The maximum atomic E-state index is 12.2. The molecule has 0 aliphatic rings. The first-order valence-electron chi connectivity index (χ1n) is 19.8. The van der Waals surface area contributed by atoms with Gasteiger partial charge in [-0.05, 0) is 74.1 Å². The summed E-state index contributed by atoms with van der Waals surface area (Å²) in [6.07, 6.45) is 7.67. The zero-order valence-corrected chi connectivity index (χ0v) is 38.2. The smallest absolute Gasteiger partial charge is 0.164 e. The first kappa shape index (κ1) is 44.1. The molecule has 0 spiro atoms. The number of thiophene rings is 1. The molecule has 3 aromatic heterocycles. The van der Waals surface area contributed by atoms with Gasteiger partial charge < -0.3 is 9.52 Å². The topological polar surface area (TPSA) is 63.3 Å². The minimum atomic E-state index is -0.337. The summed E-state index contributed by atoms with van der Waals surface area (Å²) in [5.41, 5.74) is 6.09. The molecule has 0 amide bonds. The molecule has 55 heavy (non-hydrogen) atoms. The quantitative estimate of drug-likeness (QED) is 0.0799. The number of benzene rings is 3. The first-order chi connectivity index (χ1) is 25.5. The van der Waals surface area contributed by atoms with E-state index in [1.165, 1.54) is 37.6 Å². The molecule has 0 fully saturated rings. The largest absolute Gasteiger partial charge is 0.512 e. The van der Waals surface area contributed by atoms with Crippen molar-refractivity contribution in [1.82, 2.24) is 4.98 Å². The number of pyridine rings is 1. The second kappa shape index (κ2) is 17.7. The van der Waals surface area contributed by atoms with Gasteiger partial charge in [0.15, 0.2) is 5.78 Å². The molecule has 0 bridgehead atoms. The molecule has 295 valence electrons. The van der Waals surface area contributed by atoms with Crippen LogP contribution in [0.5, 0.6) is 0 Å². The van der Waals surface area contributed by atoms with Crippen LogP contribution in [0.3, 0.4) is 0 Å². The average Bonchev–Trinajstić information content (AvgIpc) is 3.73. The first-order valence-corrected chi connectivity index (χ1v) is 20.6. The van der Waals surface area contributed by atoms with E-state index in [0.29, 0.717) is 5.92 Å². The number of hydrogen-bond acceptors (Lipinski definition) is 5. The van der Waals surface area contributed by atoms with Gasteiger partial charge in [0.05, 0.1) is 0 Å². The predicted molar refractivity (Wildman–Crippen MR) is 232 cm³/mol. The number of allylic oxidation sites excluding steroid dienone is 2. The molecule has 4 nitrogen and oxygen atoms in total. The zero-order chi connectivity index (χ0) is 39.6. The Balaban J connectivity index is 0.000000320. The van der Waals surface area contributed by atoms with E-state index in [4.69, 9.17) is 9.40 Å². The number of nitrogens with zero attached hydrogens (tertiary/aromatic N) is 1. The summed E-state index contributed by atoms with van der Waals surface area (Å²) in [6.45, 7) is 25.7. The van der Waals surface area contributed by atoms with Crippen molar-refractivity contribution in [3.63, 3.8) is 0 Å². The van der Waals surface area contributed by atoms with E-state index in [0.717, 1.165) is 71.0 Å². The summed E-state index contributed by atoms with van der Waals surface area (Å²) >= 11 is 1.88. The van der Waals surface area contributed by atoms with Gasteiger partial charge in [-0.15, -0.1) is 40.5 Å². The maximum absolute atomic E-state index is 12.2. The molecular weight excluding hydrogens is 875 g/mol. The van der Waals surface area contributed by atoms with Crippen LogP contribution in [0.25, 0.3) is 54.4 Å². The molecule has 6 aromatic rings. The second-order valence-corrected chi connectivity index (χ2v) is 18.2. The number of ketones is 1. The normalized spacial score (nSPS) is 12.6. The molecule has 0 saturated heterocycles. The van der Waals surface area contributed by atoms with Crippen LogP contribution in [-0.4, -0.2) is 15.9 Å². The number of aliphatic hydroxyl groups is 1. The molecule has 6 heteroatoms. The Bertz CT molecular complexity index is 2290. The second-order valence-electron chi connectivity index (χ2n) is 16.9. The van der Waals surface area contributed by atoms with Crippen LogP contribution < -0.4 is 0 Å². The average molecular weight is 935 g/mol. The third-order valence-corrected chi connectivity index (χ3v) is 12.9. The monoisotopic (exact) mass is 935 g/mol. The molecule has 6 rings (SSSR count). The molecule has 0 aliphatic heterocycles. The third kappa shape index (κ3) is 9.19. The van der Waals surface area contributed by atoms with Gasteiger partial charge in [0, 0.05) is 74.8 Å². The third-order valence-electron chi connectivity index (χ3n) is 11.8. The maximum Gasteiger partial charge on any atom is 0.164 e. The fourth-order valence-corrected chi connectivity index (χ4v) is 8.28. The van der Waals surface area contributed by atoms with Gasteiger partial charge in [-0.25, -0.2) is 0 Å². The molecule has 0 aliphatic carbocycles. The SMILES string of the molecule is CCC(C)(CC)C(=O)/C=C(\O)C(C)(CC)CC.Cc1sc2cccc(-c3cc4c(-c5[c-]c6ccccc6c(C(C)(C)C)c5)nccc4o3)c2c1CC(C)C.[Ir]. The zero-order valence-electron chi connectivity index (χ0n) is 35.0. The Labute approximate surface area is 347 Å². The van der Waals surface area contributed by atoms with Gasteiger partial charge in [0.1, 0.15) is 17.1 Å². The van der Waals surface area contributed by atoms with Crippen molar-refractivity contribution in [2.24, 2.45) is 16.7 Å². The Morgan fingerprint density at radius 1 is 0.891 bits per heavy atom. The van der Waals surface area contributed by atoms with E-state index < -0.39 is 0 Å². The van der Waals surface area contributed by atoms with E-state index in [9.17, 15) is 9.90 Å². The van der Waals surface area contributed by atoms with E-state index in [-0.39, 0.29) is 47.9 Å². The molecule has 0 saturated carbocycles. The molecular formula is C49H60IrNO3S-. The van der Waals surface area contributed by atoms with Crippen LogP contribution in [0.4, 0.5) is 0 Å². The molecule has 3 heterocycles. The number of furan rings is 1. The number of carbonyl (C=O) groups excluding carboxylic acids is 1. The number of rotatable bonds is 11. The standard InChI is InChI=1S/C34H32NOS.C15H28O2.Ir/c1-20(2)16-26-21(3)37-31-13-9-12-25(32(26)31)30-19-27-29(36-30)14-15-35-33(27)23-17-22-10-7-8-11-24(22)28(18-23)34(4,5)6;1-7-14(5,8-2)12(16)11-13(17)15(6,9-3)10-4;/h7-15,18-20H,16H2,1-6H3;11,16H,7-10H2,1-6H3;/q-1;;/b;12-11-;. The van der Waals surface area contributed by atoms with Crippen molar-refractivity contribution in [3.8, 4) is 22.6 Å². The molecule has 1 N–H and O–H groups in total. The van der Waals surface area contributed by atoms with Gasteiger partial charge in [0.25, 0.3) is 0 Å². The van der Waals surface area contributed by atoms with Gasteiger partial charge >= 0.3 is 0 Å². The summed E-state index contributed by atoms with van der Waals surface area (Å²) in [7, 11) is 0. The fourth-order valence-electron chi connectivity index (χ4n) is 7.16. The predicted octanol–water partition coefficient (Wildman–Crippen LogP) is 14.8. The minimum Gasteiger partial charge on any atom is -0.512 e. The minimum absolute atomic E-state index is 0. The van der Waals surface area contributed by atoms with Crippen LogP contribution >= 0.6 is 11.3 Å². The van der Waals surface area contributed by atoms with Gasteiger partial charge in [0.2, 0.25) is 0 Å². The number of carbonyl (C=O) groups is 1. The molecule has 3 aromatic carbocycles. The van der Waals surface area contributed by atoms with E-state index in [1.807, 2.05) is 65.1 Å². The number of hydrogen-bond donors (Lipinski definition) is 1. The molecule has 0 atom stereocenters. The molecule has 1 radical (unpaired) electrons. The van der Waals surface area contributed by atoms with Crippen LogP contribution in [0.1, 0.15) is 118 Å². The van der Waals surface area contributed by atoms with Gasteiger partial charge in [-0.1, -0.05) is 117 Å². The summed E-state index contributed by atoms with van der Waals surface area (Å²) < 4.78 is 7.85. The van der Waals surface area contributed by atoms with Crippen molar-refractivity contribution in [3.05, 3.63) is 101 Å². The van der Waals surface area contributed by atoms with Crippen LogP contribution in [0.2, 0.25) is 0 Å². The van der Waals surface area contributed by atoms with Gasteiger partial charge in [-0.3, -0.25) is 9.78 Å². The Morgan fingerprint density at radius 3 is 2.16 bits per heavy atom. The number of aliphatic hydroxyl groups excluding tert-OH is 1. The number of aromatic nitrogens is 1. The Kier molecular flexibility index (Phi) is 14.2. The molecule has 0 unspecified atom stereocenters. The summed E-state index contributed by atoms with van der Waals surface area (Å²) in [5, 5.41) is 14.9. The van der Waals surface area contributed by atoms with Crippen LogP contribution in [-0.2, 0) is 36.7 Å². The van der Waals surface area contributed by atoms with E-state index in [2.05, 4.69) is 102 Å². The number of fused-ring (bicyclic) bond motifs is 3. The van der Waals surface area contributed by atoms with Crippen molar-refractivity contribution in [2.75, 3.05) is 0 Å². The van der Waals surface area contributed by atoms with Crippen molar-refractivity contribution in [2.45, 2.75) is 121 Å². The summed E-state index contributed by atoms with van der Waals surface area (Å²) in [5.74, 6) is 1.78. The summed E-state index contributed by atoms with van der Waals surface area (Å²) in [4.78, 5) is 18.4. The van der Waals surface area contributed by atoms with Crippen molar-refractivity contribution < 1.29 is 34.4 Å². The van der Waals surface area contributed by atoms with Crippen LogP contribution in [0.15, 0.2) is 83.1 Å².